The van der Waals surface area contributed by atoms with Crippen molar-refractivity contribution in [2.75, 3.05) is 17.2 Å². The highest BCUT2D eigenvalue weighted by Crippen LogP contribution is 2.34. The fourth-order valence-electron chi connectivity index (χ4n) is 2.70. The molecule has 3 rings (SSSR count). The summed E-state index contributed by atoms with van der Waals surface area (Å²) in [6.45, 7) is 2.77. The first-order chi connectivity index (χ1) is 12.6. The van der Waals surface area contributed by atoms with Crippen LogP contribution in [0.15, 0.2) is 53.4 Å². The summed E-state index contributed by atoms with van der Waals surface area (Å²) in [6, 6.07) is 14.4. The van der Waals surface area contributed by atoms with Crippen molar-refractivity contribution in [3.05, 3.63) is 48.5 Å². The van der Waals surface area contributed by atoms with E-state index in [0.29, 0.717) is 18.0 Å². The number of carbonyl (C=O) groups is 2. The summed E-state index contributed by atoms with van der Waals surface area (Å²) in [7, 11) is 0. The molecule has 0 aliphatic carbocycles. The molecule has 26 heavy (non-hydrogen) atoms. The Hall–Kier alpha value is -2.47. The molecule has 1 saturated heterocycles. The minimum Gasteiger partial charge on any atom is -0.494 e. The molecular formula is C20H22N2O3S. The van der Waals surface area contributed by atoms with Crippen LogP contribution in [-0.2, 0) is 9.59 Å². The first-order valence-electron chi connectivity index (χ1n) is 8.70. The van der Waals surface area contributed by atoms with Crippen LogP contribution in [0.2, 0.25) is 0 Å². The molecule has 0 bridgehead atoms. The molecule has 5 nitrogen and oxygen atoms in total. The maximum Gasteiger partial charge on any atom is 0.247 e. The number of amides is 2. The van der Waals surface area contributed by atoms with Gasteiger partial charge in [0.05, 0.1) is 17.5 Å². The maximum atomic E-state index is 12.7. The standard InChI is InChI=1S/C20H22N2O3S/c1-2-3-12-25-16-8-6-15(7-9-16)22-19(23)13-18(20(22)24)26-17-10-4-14(21)5-11-17/h4-11,18H,2-3,12-13,21H2,1H3. The van der Waals surface area contributed by atoms with E-state index in [2.05, 4.69) is 6.92 Å². The van der Waals surface area contributed by atoms with Gasteiger partial charge in [-0.15, -0.1) is 11.8 Å². The minimum absolute atomic E-state index is 0.178. The number of imide groups is 1. The molecule has 6 heteroatoms. The molecule has 2 N–H and O–H groups in total. The van der Waals surface area contributed by atoms with Crippen molar-refractivity contribution >= 4 is 35.0 Å². The van der Waals surface area contributed by atoms with E-state index < -0.39 is 5.25 Å². The normalized spacial score (nSPS) is 17.0. The number of thioether (sulfide) groups is 1. The summed E-state index contributed by atoms with van der Waals surface area (Å²) in [5, 5.41) is -0.411. The fraction of sp³-hybridized carbons (Fsp3) is 0.300. The van der Waals surface area contributed by atoms with Crippen LogP contribution in [0.25, 0.3) is 0 Å². The van der Waals surface area contributed by atoms with Crippen LogP contribution >= 0.6 is 11.8 Å². The molecule has 136 valence electrons. The van der Waals surface area contributed by atoms with Crippen LogP contribution in [0.4, 0.5) is 11.4 Å². The van der Waals surface area contributed by atoms with Gasteiger partial charge in [-0.3, -0.25) is 9.59 Å². The number of unbranched alkanes of at least 4 members (excludes halogenated alkanes) is 1. The zero-order valence-electron chi connectivity index (χ0n) is 14.7. The number of anilines is 2. The van der Waals surface area contributed by atoms with Gasteiger partial charge in [0.2, 0.25) is 11.8 Å². The average molecular weight is 370 g/mol. The monoisotopic (exact) mass is 370 g/mol. The number of hydrogen-bond donors (Lipinski definition) is 1. The van der Waals surface area contributed by atoms with Gasteiger partial charge < -0.3 is 10.5 Å². The van der Waals surface area contributed by atoms with Crippen molar-refractivity contribution in [2.24, 2.45) is 0 Å². The fourth-order valence-corrected chi connectivity index (χ4v) is 3.76. The Morgan fingerprint density at radius 1 is 1.12 bits per heavy atom. The van der Waals surface area contributed by atoms with Crippen LogP contribution in [0, 0.1) is 0 Å². The van der Waals surface area contributed by atoms with Gasteiger partial charge in [-0.25, -0.2) is 4.90 Å². The van der Waals surface area contributed by atoms with E-state index in [0.717, 1.165) is 23.5 Å². The quantitative estimate of drug-likeness (QED) is 0.455. The predicted octanol–water partition coefficient (Wildman–Crippen LogP) is 3.87. The molecule has 1 aliphatic rings. The summed E-state index contributed by atoms with van der Waals surface area (Å²) < 4.78 is 5.62. The molecule has 2 aromatic carbocycles. The highest BCUT2D eigenvalue weighted by molar-refractivity contribution is 8.00. The smallest absolute Gasteiger partial charge is 0.247 e. The lowest BCUT2D eigenvalue weighted by Gasteiger charge is -2.15. The maximum absolute atomic E-state index is 12.7. The highest BCUT2D eigenvalue weighted by Gasteiger charge is 2.40. The van der Waals surface area contributed by atoms with Crippen molar-refractivity contribution in [1.82, 2.24) is 0 Å². The molecule has 0 radical (unpaired) electrons. The van der Waals surface area contributed by atoms with E-state index in [-0.39, 0.29) is 18.2 Å². The second-order valence-electron chi connectivity index (χ2n) is 6.14. The van der Waals surface area contributed by atoms with Crippen LogP contribution in [0.5, 0.6) is 5.75 Å². The third-order valence-electron chi connectivity index (χ3n) is 4.13. The van der Waals surface area contributed by atoms with Gasteiger partial charge in [0, 0.05) is 17.0 Å². The first kappa shape index (κ1) is 18.3. The third kappa shape index (κ3) is 4.19. The zero-order valence-corrected chi connectivity index (χ0v) is 15.5. The largest absolute Gasteiger partial charge is 0.494 e. The van der Waals surface area contributed by atoms with Crippen LogP contribution < -0.4 is 15.4 Å². The number of hydrogen-bond acceptors (Lipinski definition) is 5. The second-order valence-corrected chi connectivity index (χ2v) is 7.42. The van der Waals surface area contributed by atoms with Crippen molar-refractivity contribution in [1.29, 1.82) is 0 Å². The van der Waals surface area contributed by atoms with Gasteiger partial charge >= 0.3 is 0 Å². The average Bonchev–Trinajstić information content (AvgIpc) is 2.91. The van der Waals surface area contributed by atoms with Gasteiger partial charge in [0.25, 0.3) is 0 Å². The molecule has 2 amide bonds. The SMILES string of the molecule is CCCCOc1ccc(N2C(=O)CC(Sc3ccc(N)cc3)C2=O)cc1. The van der Waals surface area contributed by atoms with Crippen LogP contribution in [0.3, 0.4) is 0 Å². The second kappa shape index (κ2) is 8.27. The predicted molar refractivity (Wildman–Crippen MR) is 104 cm³/mol. The van der Waals surface area contributed by atoms with Gasteiger partial charge in [0.1, 0.15) is 5.75 Å². The molecule has 0 aromatic heterocycles. The molecule has 1 fully saturated rings. The molecule has 1 aliphatic heterocycles. The summed E-state index contributed by atoms with van der Waals surface area (Å²) >= 11 is 1.39. The minimum atomic E-state index is -0.411. The molecule has 1 heterocycles. The topological polar surface area (TPSA) is 72.6 Å². The number of ether oxygens (including phenoxy) is 1. The lowest BCUT2D eigenvalue weighted by molar-refractivity contribution is -0.121. The Kier molecular flexibility index (Phi) is 5.83. The zero-order chi connectivity index (χ0) is 18.5. The lowest BCUT2D eigenvalue weighted by atomic mass is 10.2. The third-order valence-corrected chi connectivity index (χ3v) is 5.32. The number of benzene rings is 2. The Morgan fingerprint density at radius 3 is 2.46 bits per heavy atom. The van der Waals surface area contributed by atoms with E-state index in [4.69, 9.17) is 10.5 Å². The molecule has 1 atom stereocenters. The van der Waals surface area contributed by atoms with Gasteiger partial charge in [-0.2, -0.15) is 0 Å². The summed E-state index contributed by atoms with van der Waals surface area (Å²) in [5.74, 6) is 0.383. The number of nitrogen functional groups attached to an aromatic ring is 1. The molecule has 0 spiro atoms. The molecule has 1 unspecified atom stereocenters. The van der Waals surface area contributed by atoms with Crippen LogP contribution in [0.1, 0.15) is 26.2 Å². The molecule has 0 saturated carbocycles. The Bertz CT molecular complexity index is 775. The number of rotatable bonds is 7. The lowest BCUT2D eigenvalue weighted by Crippen LogP contribution is -2.31. The van der Waals surface area contributed by atoms with E-state index in [1.807, 2.05) is 12.1 Å². The van der Waals surface area contributed by atoms with E-state index >= 15 is 0 Å². The van der Waals surface area contributed by atoms with E-state index in [9.17, 15) is 9.59 Å². The number of nitrogens with two attached hydrogens (primary N) is 1. The van der Waals surface area contributed by atoms with Gasteiger partial charge in [-0.05, 0) is 55.0 Å². The summed E-state index contributed by atoms with van der Waals surface area (Å²) in [5.41, 5.74) is 6.94. The van der Waals surface area contributed by atoms with E-state index in [1.165, 1.54) is 16.7 Å². The Morgan fingerprint density at radius 2 is 1.81 bits per heavy atom. The first-order valence-corrected chi connectivity index (χ1v) is 9.58. The number of carbonyl (C=O) groups excluding carboxylic acids is 2. The van der Waals surface area contributed by atoms with Crippen molar-refractivity contribution < 1.29 is 14.3 Å². The van der Waals surface area contributed by atoms with E-state index in [1.54, 1.807) is 36.4 Å². The van der Waals surface area contributed by atoms with Crippen molar-refractivity contribution in [3.8, 4) is 5.75 Å². The highest BCUT2D eigenvalue weighted by atomic mass is 32.2. The molecular weight excluding hydrogens is 348 g/mol. The summed E-state index contributed by atoms with van der Waals surface area (Å²) in [4.78, 5) is 27.3. The number of nitrogens with zero attached hydrogens (tertiary/aromatic N) is 1. The van der Waals surface area contributed by atoms with Crippen molar-refractivity contribution in [3.63, 3.8) is 0 Å². The van der Waals surface area contributed by atoms with Crippen LogP contribution in [-0.4, -0.2) is 23.7 Å². The summed E-state index contributed by atoms with van der Waals surface area (Å²) in [6.07, 6.45) is 2.26. The Labute approximate surface area is 157 Å². The van der Waals surface area contributed by atoms with Gasteiger partial charge in [-0.1, -0.05) is 13.3 Å². The van der Waals surface area contributed by atoms with Gasteiger partial charge in [0.15, 0.2) is 0 Å². The van der Waals surface area contributed by atoms with Crippen molar-refractivity contribution in [2.45, 2.75) is 36.3 Å². The molecule has 2 aromatic rings. The Balaban J connectivity index is 1.67.